The Bertz CT molecular complexity index is 285. The van der Waals surface area contributed by atoms with Gasteiger partial charge in [0.15, 0.2) is 0 Å². The van der Waals surface area contributed by atoms with Crippen LogP contribution in [0.15, 0.2) is 0 Å². The average Bonchev–Trinajstić information content (AvgIpc) is 2.32. The minimum atomic E-state index is 0. The zero-order valence-electron chi connectivity index (χ0n) is 11.6. The van der Waals surface area contributed by atoms with Crippen molar-refractivity contribution >= 4 is 18.3 Å². The van der Waals surface area contributed by atoms with E-state index in [1.165, 1.54) is 6.42 Å². The summed E-state index contributed by atoms with van der Waals surface area (Å²) < 4.78 is 0. The van der Waals surface area contributed by atoms with Gasteiger partial charge in [0.25, 0.3) is 0 Å². The van der Waals surface area contributed by atoms with E-state index in [0.29, 0.717) is 17.9 Å². The number of halogens is 1. The predicted molar refractivity (Wildman–Crippen MR) is 76.8 cm³/mol. The van der Waals surface area contributed by atoms with Crippen LogP contribution in [-0.2, 0) is 4.79 Å². The van der Waals surface area contributed by atoms with Crippen LogP contribution in [0.25, 0.3) is 0 Å². The molecule has 1 saturated carbocycles. The molecule has 0 radical (unpaired) electrons. The molecule has 1 aliphatic heterocycles. The molecule has 106 valence electrons. The normalized spacial score (nSPS) is 36.9. The summed E-state index contributed by atoms with van der Waals surface area (Å²) in [5, 5.41) is 0. The maximum atomic E-state index is 12.5. The fourth-order valence-corrected chi connectivity index (χ4v) is 3.33. The Kier molecular flexibility index (Phi) is 5.93. The molecule has 0 aromatic rings. The molecule has 1 aliphatic carbocycles. The largest absolute Gasteiger partial charge is 0.339 e. The van der Waals surface area contributed by atoms with E-state index in [-0.39, 0.29) is 24.4 Å². The summed E-state index contributed by atoms with van der Waals surface area (Å²) >= 11 is 0. The van der Waals surface area contributed by atoms with Gasteiger partial charge >= 0.3 is 0 Å². The SMILES string of the molecule is CC1CCCN(C(=O)C2CCCC(N)C2)C1C.Cl. The average molecular weight is 275 g/mol. The van der Waals surface area contributed by atoms with Gasteiger partial charge < -0.3 is 10.6 Å². The minimum absolute atomic E-state index is 0. The first-order chi connectivity index (χ1) is 8.09. The molecule has 1 saturated heterocycles. The number of carbonyl (C=O) groups excluding carboxylic acids is 1. The van der Waals surface area contributed by atoms with Crippen molar-refractivity contribution in [1.82, 2.24) is 4.90 Å². The minimum Gasteiger partial charge on any atom is -0.339 e. The number of carbonyl (C=O) groups is 1. The highest BCUT2D eigenvalue weighted by Crippen LogP contribution is 2.29. The number of rotatable bonds is 1. The molecule has 4 atom stereocenters. The molecule has 1 amide bonds. The maximum absolute atomic E-state index is 12.5. The number of likely N-dealkylation sites (tertiary alicyclic amines) is 1. The first-order valence-corrected chi connectivity index (χ1v) is 7.15. The topological polar surface area (TPSA) is 46.3 Å². The molecule has 1 heterocycles. The Morgan fingerprint density at radius 3 is 2.56 bits per heavy atom. The number of amides is 1. The molecule has 0 spiro atoms. The van der Waals surface area contributed by atoms with Crippen molar-refractivity contribution in [3.8, 4) is 0 Å². The molecule has 0 aromatic carbocycles. The summed E-state index contributed by atoms with van der Waals surface area (Å²) in [6, 6.07) is 0.657. The molecule has 3 nitrogen and oxygen atoms in total. The van der Waals surface area contributed by atoms with Crippen LogP contribution in [-0.4, -0.2) is 29.4 Å². The maximum Gasteiger partial charge on any atom is 0.225 e. The first-order valence-electron chi connectivity index (χ1n) is 7.15. The van der Waals surface area contributed by atoms with Crippen molar-refractivity contribution in [2.45, 2.75) is 64.5 Å². The number of nitrogens with zero attached hydrogens (tertiary/aromatic N) is 1. The van der Waals surface area contributed by atoms with Crippen molar-refractivity contribution in [2.75, 3.05) is 6.54 Å². The van der Waals surface area contributed by atoms with Gasteiger partial charge in [0, 0.05) is 24.5 Å². The summed E-state index contributed by atoms with van der Waals surface area (Å²) in [4.78, 5) is 14.6. The van der Waals surface area contributed by atoms with Gasteiger partial charge in [-0.1, -0.05) is 13.3 Å². The van der Waals surface area contributed by atoms with Gasteiger partial charge in [-0.15, -0.1) is 12.4 Å². The molecule has 2 rings (SSSR count). The second kappa shape index (κ2) is 6.76. The standard InChI is InChI=1S/C14H26N2O.ClH/c1-10-5-4-8-16(11(10)2)14(17)12-6-3-7-13(15)9-12;/h10-13H,3-9,15H2,1-2H3;1H. The number of hydrogen-bond acceptors (Lipinski definition) is 2. The van der Waals surface area contributed by atoms with Gasteiger partial charge in [0.2, 0.25) is 5.91 Å². The van der Waals surface area contributed by atoms with Crippen molar-refractivity contribution in [3.05, 3.63) is 0 Å². The van der Waals surface area contributed by atoms with Gasteiger partial charge in [-0.2, -0.15) is 0 Å². The monoisotopic (exact) mass is 274 g/mol. The second-order valence-corrected chi connectivity index (χ2v) is 6.02. The Labute approximate surface area is 117 Å². The lowest BCUT2D eigenvalue weighted by Gasteiger charge is -2.41. The summed E-state index contributed by atoms with van der Waals surface area (Å²) in [6.07, 6.45) is 6.58. The highest BCUT2D eigenvalue weighted by atomic mass is 35.5. The van der Waals surface area contributed by atoms with E-state index >= 15 is 0 Å². The van der Waals surface area contributed by atoms with E-state index in [9.17, 15) is 4.79 Å². The van der Waals surface area contributed by atoms with Crippen molar-refractivity contribution < 1.29 is 4.79 Å². The van der Waals surface area contributed by atoms with Crippen LogP contribution in [0.5, 0.6) is 0 Å². The molecule has 0 bridgehead atoms. The Hall–Kier alpha value is -0.280. The van der Waals surface area contributed by atoms with Crippen LogP contribution in [0.2, 0.25) is 0 Å². The molecule has 4 heteroatoms. The second-order valence-electron chi connectivity index (χ2n) is 6.02. The van der Waals surface area contributed by atoms with E-state index in [1.807, 2.05) is 0 Å². The van der Waals surface area contributed by atoms with Gasteiger partial charge in [0.1, 0.15) is 0 Å². The van der Waals surface area contributed by atoms with Crippen LogP contribution in [0.4, 0.5) is 0 Å². The lowest BCUT2D eigenvalue weighted by molar-refractivity contribution is -0.141. The van der Waals surface area contributed by atoms with E-state index in [0.717, 1.165) is 38.6 Å². The van der Waals surface area contributed by atoms with Gasteiger partial charge in [-0.25, -0.2) is 0 Å². The molecule has 2 N–H and O–H groups in total. The van der Waals surface area contributed by atoms with E-state index in [2.05, 4.69) is 18.7 Å². The highest BCUT2D eigenvalue weighted by Gasteiger charge is 2.34. The highest BCUT2D eigenvalue weighted by molar-refractivity contribution is 5.85. The molecule has 18 heavy (non-hydrogen) atoms. The number of piperidine rings is 1. The first kappa shape index (κ1) is 15.8. The molecule has 2 aliphatic rings. The fourth-order valence-electron chi connectivity index (χ4n) is 3.33. The third kappa shape index (κ3) is 3.39. The third-order valence-corrected chi connectivity index (χ3v) is 4.72. The smallest absolute Gasteiger partial charge is 0.225 e. The van der Waals surface area contributed by atoms with Crippen molar-refractivity contribution in [3.63, 3.8) is 0 Å². The quantitative estimate of drug-likeness (QED) is 0.799. The summed E-state index contributed by atoms with van der Waals surface area (Å²) in [7, 11) is 0. The van der Waals surface area contributed by atoms with Gasteiger partial charge in [0.05, 0.1) is 0 Å². The zero-order chi connectivity index (χ0) is 12.4. The van der Waals surface area contributed by atoms with Crippen LogP contribution in [0.3, 0.4) is 0 Å². The van der Waals surface area contributed by atoms with Crippen LogP contribution in [0.1, 0.15) is 52.4 Å². The third-order valence-electron chi connectivity index (χ3n) is 4.72. The molecular weight excluding hydrogens is 248 g/mol. The Balaban J connectivity index is 0.00000162. The summed E-state index contributed by atoms with van der Waals surface area (Å²) in [5.41, 5.74) is 5.98. The zero-order valence-corrected chi connectivity index (χ0v) is 12.4. The number of hydrogen-bond donors (Lipinski definition) is 1. The Morgan fingerprint density at radius 1 is 1.17 bits per heavy atom. The van der Waals surface area contributed by atoms with Crippen LogP contribution >= 0.6 is 12.4 Å². The molecule has 4 unspecified atom stereocenters. The molecule has 2 fully saturated rings. The predicted octanol–water partition coefficient (Wildman–Crippen LogP) is 2.57. The van der Waals surface area contributed by atoms with Gasteiger partial charge in [-0.3, -0.25) is 4.79 Å². The fraction of sp³-hybridized carbons (Fsp3) is 0.929. The van der Waals surface area contributed by atoms with E-state index < -0.39 is 0 Å². The van der Waals surface area contributed by atoms with Crippen molar-refractivity contribution in [2.24, 2.45) is 17.6 Å². The van der Waals surface area contributed by atoms with E-state index in [4.69, 9.17) is 5.73 Å². The molecule has 0 aromatic heterocycles. The molecular formula is C14H27ClN2O. The van der Waals surface area contributed by atoms with Gasteiger partial charge in [-0.05, 0) is 44.9 Å². The summed E-state index contributed by atoms with van der Waals surface area (Å²) in [6.45, 7) is 5.41. The van der Waals surface area contributed by atoms with Crippen molar-refractivity contribution in [1.29, 1.82) is 0 Å². The lowest BCUT2D eigenvalue weighted by atomic mass is 9.83. The van der Waals surface area contributed by atoms with Crippen LogP contribution in [0, 0.1) is 11.8 Å². The summed E-state index contributed by atoms with van der Waals surface area (Å²) in [5.74, 6) is 1.22. The van der Waals surface area contributed by atoms with E-state index in [1.54, 1.807) is 0 Å². The van der Waals surface area contributed by atoms with Crippen LogP contribution < -0.4 is 5.73 Å². The lowest BCUT2D eigenvalue weighted by Crippen LogP contribution is -2.49. The Morgan fingerprint density at radius 2 is 1.89 bits per heavy atom. The number of nitrogens with two attached hydrogens (primary N) is 1.